The van der Waals surface area contributed by atoms with Gasteiger partial charge < -0.3 is 14.6 Å². The first kappa shape index (κ1) is 30.2. The number of hydrogen-bond acceptors (Lipinski definition) is 4. The number of pyridine rings is 1. The van der Waals surface area contributed by atoms with E-state index in [1.807, 2.05) is 24.3 Å². The van der Waals surface area contributed by atoms with Crippen LogP contribution in [0.1, 0.15) is 85.0 Å². The molecule has 0 bridgehead atoms. The number of nitrogens with zero attached hydrogens (tertiary/aromatic N) is 2. The van der Waals surface area contributed by atoms with Crippen LogP contribution in [0.15, 0.2) is 42.7 Å². The van der Waals surface area contributed by atoms with E-state index in [9.17, 15) is 5.11 Å². The number of ether oxygens (including phenoxy) is 2. The fraction of sp³-hybridized carbons (Fsp3) is 0.594. The summed E-state index contributed by atoms with van der Waals surface area (Å²) in [5.74, 6) is 1.30. The third-order valence-electron chi connectivity index (χ3n) is 8.86. The first-order valence-electron chi connectivity index (χ1n) is 14.4. The quantitative estimate of drug-likeness (QED) is 0.249. The molecule has 39 heavy (non-hydrogen) atoms. The Bertz CT molecular complexity index is 1220. The average Bonchev–Trinajstić information content (AvgIpc) is 3.51. The van der Waals surface area contributed by atoms with Gasteiger partial charge >= 0.3 is 0 Å². The van der Waals surface area contributed by atoms with Crippen molar-refractivity contribution in [3.05, 3.63) is 58.9 Å². The van der Waals surface area contributed by atoms with Crippen LogP contribution in [-0.2, 0) is 11.3 Å². The van der Waals surface area contributed by atoms with Crippen molar-refractivity contribution >= 4 is 32.8 Å². The topological polar surface area (TPSA) is 56.5 Å². The maximum atomic E-state index is 11.9. The van der Waals surface area contributed by atoms with Gasteiger partial charge in [0, 0.05) is 39.1 Å². The van der Waals surface area contributed by atoms with Gasteiger partial charge in [0.15, 0.2) is 0 Å². The van der Waals surface area contributed by atoms with E-state index in [1.165, 1.54) is 0 Å². The zero-order valence-electron chi connectivity index (χ0n) is 24.9. The zero-order chi connectivity index (χ0) is 28.5. The molecule has 7 heteroatoms. The van der Waals surface area contributed by atoms with Crippen molar-refractivity contribution in [1.29, 1.82) is 0 Å². The van der Waals surface area contributed by atoms with Crippen molar-refractivity contribution in [2.45, 2.75) is 102 Å². The summed E-state index contributed by atoms with van der Waals surface area (Å²) >= 11 is 6.81. The number of fused-ring (bicyclic) bond motifs is 1. The Labute approximate surface area is 241 Å². The molecule has 3 aromatic rings. The van der Waals surface area contributed by atoms with Gasteiger partial charge in [0.05, 0.1) is 30.9 Å². The highest BCUT2D eigenvalue weighted by Gasteiger charge is 2.41. The molecule has 0 aliphatic heterocycles. The van der Waals surface area contributed by atoms with Crippen LogP contribution < -0.4 is 4.74 Å². The lowest BCUT2D eigenvalue weighted by Crippen LogP contribution is -2.34. The van der Waals surface area contributed by atoms with Crippen LogP contribution in [0.2, 0.25) is 5.02 Å². The van der Waals surface area contributed by atoms with Crippen LogP contribution in [0, 0.1) is 11.8 Å². The first-order chi connectivity index (χ1) is 18.6. The summed E-state index contributed by atoms with van der Waals surface area (Å²) in [6, 6.07) is 10.2. The molecule has 2 aromatic heterocycles. The molecule has 4 atom stereocenters. The number of aromatic nitrogens is 2. The van der Waals surface area contributed by atoms with Crippen LogP contribution in [-0.4, -0.2) is 43.0 Å². The Morgan fingerprint density at radius 1 is 1.03 bits per heavy atom. The Morgan fingerprint density at radius 3 is 2.23 bits per heavy atom. The molecule has 1 fully saturated rings. The van der Waals surface area contributed by atoms with E-state index in [0.29, 0.717) is 33.3 Å². The maximum absolute atomic E-state index is 11.9. The molecule has 0 radical (unpaired) electrons. The molecule has 1 N–H and O–H groups in total. The van der Waals surface area contributed by atoms with E-state index in [1.54, 1.807) is 13.3 Å². The Balaban J connectivity index is 1.63. The molecule has 5 nitrogen and oxygen atoms in total. The highest BCUT2D eigenvalue weighted by atomic mass is 35.5. The number of methoxy groups -OCH3 is 1. The molecule has 0 amide bonds. The minimum absolute atomic E-state index is 0.0831. The molecule has 1 saturated carbocycles. The lowest BCUT2D eigenvalue weighted by Gasteiger charge is -2.52. The monoisotopic (exact) mass is 574 g/mol. The molecular weight excluding hydrogens is 528 g/mol. The van der Waals surface area contributed by atoms with E-state index in [-0.39, 0.29) is 12.0 Å². The second-order valence-electron chi connectivity index (χ2n) is 11.8. The van der Waals surface area contributed by atoms with E-state index < -0.39 is 16.3 Å². The SMILES string of the molecule is CCC1CC(OCc2ccc(OC)cc2)CC1C(O)c1c(Cl)cnc2c1ccn2S(C(C)C)(C(C)C)C(C)C. The molecule has 4 rings (SSSR count). The number of hydrogen-bond donors (Lipinski definition) is 1. The number of rotatable bonds is 11. The minimum Gasteiger partial charge on any atom is -0.497 e. The summed E-state index contributed by atoms with van der Waals surface area (Å²) in [5, 5.41) is 14.9. The molecule has 1 aromatic carbocycles. The second-order valence-corrected chi connectivity index (χ2v) is 16.9. The number of benzene rings is 1. The summed E-state index contributed by atoms with van der Waals surface area (Å²) in [7, 11) is 0.432. The highest BCUT2D eigenvalue weighted by Crippen LogP contribution is 2.62. The van der Waals surface area contributed by atoms with Gasteiger partial charge in [0.1, 0.15) is 11.4 Å². The second kappa shape index (κ2) is 12.4. The Hall–Kier alpha value is -1.73. The lowest BCUT2D eigenvalue weighted by atomic mass is 9.85. The van der Waals surface area contributed by atoms with Crippen molar-refractivity contribution in [1.82, 2.24) is 8.96 Å². The third-order valence-corrected chi connectivity index (χ3v) is 14.7. The van der Waals surface area contributed by atoms with Gasteiger partial charge in [-0.05, 0) is 48.4 Å². The average molecular weight is 575 g/mol. The minimum atomic E-state index is -1.24. The summed E-state index contributed by atoms with van der Waals surface area (Å²) in [5.41, 5.74) is 2.89. The number of aliphatic hydroxyl groups is 1. The van der Waals surface area contributed by atoms with Crippen molar-refractivity contribution in [3.8, 4) is 5.75 Å². The Morgan fingerprint density at radius 2 is 1.67 bits per heavy atom. The Kier molecular flexibility index (Phi) is 9.63. The molecule has 4 unspecified atom stereocenters. The van der Waals surface area contributed by atoms with E-state index in [0.717, 1.165) is 47.2 Å². The number of aliphatic hydroxyl groups excluding tert-OH is 1. The zero-order valence-corrected chi connectivity index (χ0v) is 26.4. The molecule has 216 valence electrons. The van der Waals surface area contributed by atoms with Gasteiger partial charge in [-0.1, -0.05) is 78.6 Å². The van der Waals surface area contributed by atoms with Crippen molar-refractivity contribution in [2.75, 3.05) is 7.11 Å². The summed E-state index contributed by atoms with van der Waals surface area (Å²) < 4.78 is 14.1. The highest BCUT2D eigenvalue weighted by molar-refractivity contribution is 8.33. The molecule has 0 saturated heterocycles. The molecule has 1 aliphatic rings. The smallest absolute Gasteiger partial charge is 0.149 e. The van der Waals surface area contributed by atoms with Crippen LogP contribution in [0.3, 0.4) is 0 Å². The van der Waals surface area contributed by atoms with Crippen molar-refractivity contribution < 1.29 is 14.6 Å². The third kappa shape index (κ3) is 5.59. The first-order valence-corrected chi connectivity index (χ1v) is 16.6. The van der Waals surface area contributed by atoms with Gasteiger partial charge in [0.25, 0.3) is 0 Å². The van der Waals surface area contributed by atoms with E-state index >= 15 is 0 Å². The van der Waals surface area contributed by atoms with Gasteiger partial charge in [-0.15, -0.1) is 0 Å². The maximum Gasteiger partial charge on any atom is 0.149 e. The molecule has 1 aliphatic carbocycles. The normalized spacial score (nSPS) is 21.4. The summed E-state index contributed by atoms with van der Waals surface area (Å²) in [6.45, 7) is 16.8. The van der Waals surface area contributed by atoms with Crippen LogP contribution >= 0.6 is 21.8 Å². The van der Waals surface area contributed by atoms with E-state index in [2.05, 4.69) is 64.7 Å². The largest absolute Gasteiger partial charge is 0.497 e. The summed E-state index contributed by atoms with van der Waals surface area (Å²) in [4.78, 5) is 4.86. The molecule has 0 spiro atoms. The fourth-order valence-corrected chi connectivity index (χ4v) is 12.8. The van der Waals surface area contributed by atoms with Gasteiger partial charge in [-0.2, -0.15) is 10.2 Å². The van der Waals surface area contributed by atoms with Crippen LogP contribution in [0.4, 0.5) is 0 Å². The summed E-state index contributed by atoms with van der Waals surface area (Å²) in [6.07, 6.45) is 6.15. The lowest BCUT2D eigenvalue weighted by molar-refractivity contribution is 0.0332. The van der Waals surface area contributed by atoms with Gasteiger partial charge in [-0.3, -0.25) is 3.97 Å². The number of halogens is 1. The molecule has 2 heterocycles. The standard InChI is InChI=1S/C32H47ClN2O3S/c1-9-24-16-26(38-19-23-10-12-25(37-8)13-11-23)17-28(24)31(36)30-27-14-15-35(32(27)34-18-29(30)33)39(20(2)3,21(4)5)22(6)7/h10-15,18,20-22,24,26,28,31,36H,9,16-17,19H2,1-8H3. The van der Waals surface area contributed by atoms with Crippen molar-refractivity contribution in [2.24, 2.45) is 11.8 Å². The fourth-order valence-electron chi connectivity index (χ4n) is 7.18. The van der Waals surface area contributed by atoms with Gasteiger partial charge in [0.2, 0.25) is 0 Å². The van der Waals surface area contributed by atoms with Crippen molar-refractivity contribution in [3.63, 3.8) is 0 Å². The predicted octanol–water partition coefficient (Wildman–Crippen LogP) is 8.55. The predicted molar refractivity (Wildman–Crippen MR) is 166 cm³/mol. The van der Waals surface area contributed by atoms with Crippen LogP contribution in [0.5, 0.6) is 5.75 Å². The van der Waals surface area contributed by atoms with Crippen LogP contribution in [0.25, 0.3) is 11.0 Å². The molecular formula is C32H47ClN2O3S. The van der Waals surface area contributed by atoms with E-state index in [4.69, 9.17) is 26.1 Å². The van der Waals surface area contributed by atoms with Gasteiger partial charge in [-0.25, -0.2) is 4.98 Å².